The molecule has 70 valence electrons. The number of hydrogen-bond acceptors (Lipinski definition) is 1. The molecule has 1 aromatic heterocycles. The van der Waals surface area contributed by atoms with E-state index >= 15 is 0 Å². The summed E-state index contributed by atoms with van der Waals surface area (Å²) in [5, 5.41) is 0. The molecule has 2 heterocycles. The van der Waals surface area contributed by atoms with Gasteiger partial charge in [0.2, 0.25) is 0 Å². The molecule has 0 aliphatic carbocycles. The minimum Gasteiger partial charge on any atom is -0.334 e. The van der Waals surface area contributed by atoms with Gasteiger partial charge in [0.15, 0.2) is 0 Å². The van der Waals surface area contributed by atoms with E-state index in [1.54, 1.807) is 5.57 Å². The number of imidazole rings is 1. The highest BCUT2D eigenvalue weighted by molar-refractivity contribution is 5.15. The van der Waals surface area contributed by atoms with Crippen LogP contribution >= 0.6 is 0 Å². The Morgan fingerprint density at radius 3 is 3.15 bits per heavy atom. The van der Waals surface area contributed by atoms with Gasteiger partial charge in [-0.2, -0.15) is 0 Å². The lowest BCUT2D eigenvalue weighted by Crippen LogP contribution is -2.12. The molecular formula is C11H16N2. The maximum atomic E-state index is 4.34. The van der Waals surface area contributed by atoms with Crippen LogP contribution in [0.1, 0.15) is 26.1 Å². The fourth-order valence-electron chi connectivity index (χ4n) is 1.88. The van der Waals surface area contributed by atoms with Gasteiger partial charge < -0.3 is 4.57 Å². The van der Waals surface area contributed by atoms with Gasteiger partial charge in [-0.1, -0.05) is 25.5 Å². The van der Waals surface area contributed by atoms with Gasteiger partial charge in [0.05, 0.1) is 0 Å². The Kier molecular flexibility index (Phi) is 2.21. The Morgan fingerprint density at radius 2 is 2.38 bits per heavy atom. The highest BCUT2D eigenvalue weighted by Gasteiger charge is 2.12. The molecule has 0 amide bonds. The van der Waals surface area contributed by atoms with Crippen LogP contribution in [-0.2, 0) is 13.0 Å². The number of aryl methyl sites for hydroxylation is 1. The summed E-state index contributed by atoms with van der Waals surface area (Å²) in [5.41, 5.74) is 1.55. The second-order valence-corrected chi connectivity index (χ2v) is 4.03. The monoisotopic (exact) mass is 176 g/mol. The first kappa shape index (κ1) is 8.54. The van der Waals surface area contributed by atoms with Crippen molar-refractivity contribution in [3.8, 4) is 0 Å². The minimum absolute atomic E-state index is 0.663. The molecule has 0 bridgehead atoms. The zero-order chi connectivity index (χ0) is 9.26. The van der Waals surface area contributed by atoms with E-state index in [4.69, 9.17) is 0 Å². The molecule has 0 saturated heterocycles. The lowest BCUT2D eigenvalue weighted by atomic mass is 10.0. The summed E-state index contributed by atoms with van der Waals surface area (Å²) in [6.07, 6.45) is 8.58. The van der Waals surface area contributed by atoms with E-state index in [1.807, 2.05) is 6.20 Å². The summed E-state index contributed by atoms with van der Waals surface area (Å²) in [7, 11) is 0. The topological polar surface area (TPSA) is 17.8 Å². The summed E-state index contributed by atoms with van der Waals surface area (Å²) >= 11 is 0. The van der Waals surface area contributed by atoms with Gasteiger partial charge in [0, 0.05) is 25.4 Å². The van der Waals surface area contributed by atoms with Gasteiger partial charge in [0.25, 0.3) is 0 Å². The first-order valence-electron chi connectivity index (χ1n) is 4.95. The summed E-state index contributed by atoms with van der Waals surface area (Å²) < 4.78 is 2.25. The van der Waals surface area contributed by atoms with Gasteiger partial charge in [-0.15, -0.1) is 0 Å². The van der Waals surface area contributed by atoms with Gasteiger partial charge >= 0.3 is 0 Å². The normalized spacial score (nSPS) is 19.5. The zero-order valence-corrected chi connectivity index (χ0v) is 8.33. The Morgan fingerprint density at radius 1 is 1.54 bits per heavy atom. The van der Waals surface area contributed by atoms with E-state index < -0.39 is 0 Å². The van der Waals surface area contributed by atoms with Crippen molar-refractivity contribution in [3.63, 3.8) is 0 Å². The van der Waals surface area contributed by atoms with Crippen LogP contribution in [0, 0.1) is 5.92 Å². The second kappa shape index (κ2) is 3.36. The van der Waals surface area contributed by atoms with E-state index in [0.29, 0.717) is 5.92 Å². The average molecular weight is 176 g/mol. The molecule has 1 aliphatic heterocycles. The standard InChI is InChI=1S/C11H16N2/c1-9(2)7-10-3-5-13-6-4-12-11(13)8-10/h4,6-7,9H,3,5,8H2,1-2H3/b10-7+. The first-order chi connectivity index (χ1) is 6.25. The van der Waals surface area contributed by atoms with Crippen molar-refractivity contribution in [2.24, 2.45) is 5.92 Å². The molecule has 2 rings (SSSR count). The molecule has 0 fully saturated rings. The maximum Gasteiger partial charge on any atom is 0.112 e. The lowest BCUT2D eigenvalue weighted by Gasteiger charge is -2.17. The highest BCUT2D eigenvalue weighted by atomic mass is 15.1. The third-order valence-corrected chi connectivity index (χ3v) is 2.43. The van der Waals surface area contributed by atoms with Crippen LogP contribution in [0.15, 0.2) is 24.0 Å². The number of aromatic nitrogens is 2. The number of rotatable bonds is 1. The van der Waals surface area contributed by atoms with Crippen molar-refractivity contribution in [1.29, 1.82) is 0 Å². The van der Waals surface area contributed by atoms with Crippen molar-refractivity contribution >= 4 is 0 Å². The molecular weight excluding hydrogens is 160 g/mol. The molecule has 0 N–H and O–H groups in total. The Labute approximate surface area is 79.3 Å². The van der Waals surface area contributed by atoms with E-state index in [-0.39, 0.29) is 0 Å². The zero-order valence-electron chi connectivity index (χ0n) is 8.33. The molecule has 2 heteroatoms. The van der Waals surface area contributed by atoms with Crippen LogP contribution in [0.3, 0.4) is 0 Å². The third kappa shape index (κ3) is 1.82. The quantitative estimate of drug-likeness (QED) is 0.601. The Hall–Kier alpha value is -1.05. The molecule has 13 heavy (non-hydrogen) atoms. The van der Waals surface area contributed by atoms with Gasteiger partial charge in [0.1, 0.15) is 5.82 Å². The molecule has 2 nitrogen and oxygen atoms in total. The molecule has 1 aromatic rings. The number of allylic oxidation sites excluding steroid dienone is 2. The Bertz CT molecular complexity index is 321. The largest absolute Gasteiger partial charge is 0.334 e. The first-order valence-corrected chi connectivity index (χ1v) is 4.95. The van der Waals surface area contributed by atoms with Gasteiger partial charge in [-0.25, -0.2) is 4.98 Å². The van der Waals surface area contributed by atoms with Crippen LogP contribution < -0.4 is 0 Å². The second-order valence-electron chi connectivity index (χ2n) is 4.03. The van der Waals surface area contributed by atoms with E-state index in [1.165, 1.54) is 12.2 Å². The number of fused-ring (bicyclic) bond motifs is 1. The summed E-state index contributed by atoms with van der Waals surface area (Å²) in [4.78, 5) is 4.34. The molecule has 0 spiro atoms. The van der Waals surface area contributed by atoms with Crippen molar-refractivity contribution in [1.82, 2.24) is 9.55 Å². The summed E-state index contributed by atoms with van der Waals surface area (Å²) in [5.74, 6) is 1.88. The van der Waals surface area contributed by atoms with Crippen LogP contribution in [0.5, 0.6) is 0 Å². The molecule has 0 aromatic carbocycles. The van der Waals surface area contributed by atoms with Crippen LogP contribution in [0.2, 0.25) is 0 Å². The van der Waals surface area contributed by atoms with Crippen LogP contribution in [0.4, 0.5) is 0 Å². The molecule has 0 radical (unpaired) electrons. The van der Waals surface area contributed by atoms with E-state index in [9.17, 15) is 0 Å². The number of nitrogens with zero attached hydrogens (tertiary/aromatic N) is 2. The summed E-state index contributed by atoms with van der Waals surface area (Å²) in [6.45, 7) is 5.57. The van der Waals surface area contributed by atoms with Crippen molar-refractivity contribution in [2.75, 3.05) is 0 Å². The maximum absolute atomic E-state index is 4.34. The minimum atomic E-state index is 0.663. The highest BCUT2D eigenvalue weighted by Crippen LogP contribution is 2.19. The summed E-state index contributed by atoms with van der Waals surface area (Å²) in [6, 6.07) is 0. The van der Waals surface area contributed by atoms with Crippen molar-refractivity contribution in [2.45, 2.75) is 33.2 Å². The molecule has 0 unspecified atom stereocenters. The number of hydrogen-bond donors (Lipinski definition) is 0. The SMILES string of the molecule is CC(C)/C=C1\CCn2ccnc2C1. The molecule has 0 atom stereocenters. The fraction of sp³-hybridized carbons (Fsp3) is 0.545. The van der Waals surface area contributed by atoms with Crippen LogP contribution in [-0.4, -0.2) is 9.55 Å². The average Bonchev–Trinajstić information content (AvgIpc) is 2.49. The van der Waals surface area contributed by atoms with E-state index in [0.717, 1.165) is 13.0 Å². The van der Waals surface area contributed by atoms with Crippen molar-refractivity contribution < 1.29 is 0 Å². The van der Waals surface area contributed by atoms with Gasteiger partial charge in [-0.3, -0.25) is 0 Å². The smallest absolute Gasteiger partial charge is 0.112 e. The molecule has 1 aliphatic rings. The van der Waals surface area contributed by atoms with Gasteiger partial charge in [-0.05, 0) is 12.3 Å². The lowest BCUT2D eigenvalue weighted by molar-refractivity contribution is 0.596. The Balaban J connectivity index is 2.17. The van der Waals surface area contributed by atoms with Crippen LogP contribution in [0.25, 0.3) is 0 Å². The van der Waals surface area contributed by atoms with Crippen molar-refractivity contribution in [3.05, 3.63) is 29.9 Å². The predicted octanol–water partition coefficient (Wildman–Crippen LogP) is 2.41. The molecule has 0 saturated carbocycles. The third-order valence-electron chi connectivity index (χ3n) is 2.43. The van der Waals surface area contributed by atoms with E-state index in [2.05, 4.69) is 35.7 Å². The predicted molar refractivity (Wildman–Crippen MR) is 53.5 cm³/mol. The fourth-order valence-corrected chi connectivity index (χ4v) is 1.88.